The van der Waals surface area contributed by atoms with Crippen LogP contribution in [0.5, 0.6) is 0 Å². The van der Waals surface area contributed by atoms with Crippen LogP contribution in [0.4, 0.5) is 0 Å². The zero-order valence-electron chi connectivity index (χ0n) is 11.4. The molecule has 2 atom stereocenters. The van der Waals surface area contributed by atoms with Gasteiger partial charge in [-0.15, -0.1) is 10.2 Å². The minimum Gasteiger partial charge on any atom is -0.372 e. The molecule has 1 fully saturated rings. The van der Waals surface area contributed by atoms with Crippen LogP contribution in [0.3, 0.4) is 0 Å². The summed E-state index contributed by atoms with van der Waals surface area (Å²) in [4.78, 5) is 14.0. The van der Waals surface area contributed by atoms with E-state index in [1.54, 1.807) is 6.92 Å². The zero-order chi connectivity index (χ0) is 14.0. The average Bonchev–Trinajstić information content (AvgIpc) is 2.66. The fourth-order valence-corrected chi connectivity index (χ4v) is 2.85. The molecule has 7 nitrogen and oxygen atoms in total. The number of hydrogen-bond acceptors (Lipinski definition) is 6. The molecule has 106 valence electrons. The fraction of sp³-hybridized carbons (Fsp3) is 0.727. The second-order valence-corrected chi connectivity index (χ2v) is 5.69. The predicted molar refractivity (Wildman–Crippen MR) is 72.2 cm³/mol. The molecule has 1 saturated heterocycles. The van der Waals surface area contributed by atoms with Crippen LogP contribution in [-0.2, 0) is 9.53 Å². The highest BCUT2D eigenvalue weighted by molar-refractivity contribution is 7.99. The van der Waals surface area contributed by atoms with Crippen molar-refractivity contribution in [3.63, 3.8) is 0 Å². The Hall–Kier alpha value is -1.28. The summed E-state index contributed by atoms with van der Waals surface area (Å²) in [6.07, 6.45) is 0.163. The van der Waals surface area contributed by atoms with Gasteiger partial charge >= 0.3 is 0 Å². The molecule has 1 aromatic heterocycles. The number of carbonyl (C=O) groups excluding carboxylic acids is 1. The summed E-state index contributed by atoms with van der Waals surface area (Å²) in [5.74, 6) is 6.76. The lowest BCUT2D eigenvalue weighted by Crippen LogP contribution is -2.48. The minimum absolute atomic E-state index is 0.0765. The van der Waals surface area contributed by atoms with Crippen LogP contribution in [0, 0.1) is 6.92 Å². The van der Waals surface area contributed by atoms with Gasteiger partial charge in [0.15, 0.2) is 0 Å². The molecule has 0 spiro atoms. The van der Waals surface area contributed by atoms with Crippen molar-refractivity contribution in [2.45, 2.75) is 38.1 Å². The van der Waals surface area contributed by atoms with E-state index in [0.29, 0.717) is 29.8 Å². The van der Waals surface area contributed by atoms with E-state index in [4.69, 9.17) is 10.6 Å². The van der Waals surface area contributed by atoms with Crippen LogP contribution in [-0.4, -0.2) is 56.7 Å². The molecule has 0 saturated carbocycles. The second kappa shape index (κ2) is 5.79. The Morgan fingerprint density at radius 1 is 1.42 bits per heavy atom. The smallest absolute Gasteiger partial charge is 0.233 e. The Morgan fingerprint density at radius 3 is 2.58 bits per heavy atom. The van der Waals surface area contributed by atoms with Gasteiger partial charge in [0.25, 0.3) is 0 Å². The van der Waals surface area contributed by atoms with Crippen molar-refractivity contribution in [3.8, 4) is 0 Å². The summed E-state index contributed by atoms with van der Waals surface area (Å²) in [6, 6.07) is 0. The number of aryl methyl sites for hydroxylation is 1. The fourth-order valence-electron chi connectivity index (χ4n) is 2.05. The van der Waals surface area contributed by atoms with Gasteiger partial charge in [-0.1, -0.05) is 11.8 Å². The third kappa shape index (κ3) is 3.38. The van der Waals surface area contributed by atoms with Gasteiger partial charge in [-0.2, -0.15) is 0 Å². The molecule has 2 N–H and O–H groups in total. The molecule has 2 heterocycles. The third-order valence-electron chi connectivity index (χ3n) is 2.93. The van der Waals surface area contributed by atoms with Crippen molar-refractivity contribution in [1.82, 2.24) is 19.8 Å². The Balaban J connectivity index is 1.89. The molecule has 0 radical (unpaired) electrons. The quantitative estimate of drug-likeness (QED) is 0.623. The molecule has 1 amide bonds. The number of rotatable bonds is 3. The van der Waals surface area contributed by atoms with Gasteiger partial charge in [0, 0.05) is 13.1 Å². The van der Waals surface area contributed by atoms with Gasteiger partial charge < -0.3 is 15.5 Å². The molecular formula is C11H19N5O2S. The topological polar surface area (TPSA) is 86.3 Å². The van der Waals surface area contributed by atoms with Crippen molar-refractivity contribution in [1.29, 1.82) is 0 Å². The van der Waals surface area contributed by atoms with Gasteiger partial charge in [-0.05, 0) is 20.8 Å². The maximum Gasteiger partial charge on any atom is 0.233 e. The van der Waals surface area contributed by atoms with Crippen LogP contribution in [0.2, 0.25) is 0 Å². The number of thioether (sulfide) groups is 1. The highest BCUT2D eigenvalue weighted by atomic mass is 32.2. The molecule has 2 rings (SSSR count). The lowest BCUT2D eigenvalue weighted by atomic mass is 10.2. The summed E-state index contributed by atoms with van der Waals surface area (Å²) in [6.45, 7) is 6.99. The summed E-state index contributed by atoms with van der Waals surface area (Å²) in [5, 5.41) is 8.33. The number of morpholine rings is 1. The summed E-state index contributed by atoms with van der Waals surface area (Å²) in [5.41, 5.74) is 0. The average molecular weight is 285 g/mol. The maximum atomic E-state index is 12.1. The Kier molecular flexibility index (Phi) is 4.31. The van der Waals surface area contributed by atoms with E-state index in [1.807, 2.05) is 18.7 Å². The standard InChI is InChI=1S/C11H19N5O2S/c1-7-4-15(5-8(2)18-7)10(17)6-19-11-14-13-9(3)16(11)12/h7-8H,4-6,12H2,1-3H3/t7-,8-/m1/s1. The van der Waals surface area contributed by atoms with E-state index in [9.17, 15) is 4.79 Å². The third-order valence-corrected chi connectivity index (χ3v) is 3.86. The number of hydrogen-bond donors (Lipinski definition) is 1. The first-order valence-corrected chi connectivity index (χ1v) is 7.19. The first kappa shape index (κ1) is 14.1. The summed E-state index contributed by atoms with van der Waals surface area (Å²) in [7, 11) is 0. The van der Waals surface area contributed by atoms with Crippen molar-refractivity contribution >= 4 is 17.7 Å². The highest BCUT2D eigenvalue weighted by Gasteiger charge is 2.26. The molecule has 1 aromatic rings. The van der Waals surface area contributed by atoms with E-state index < -0.39 is 0 Å². The molecule has 0 unspecified atom stereocenters. The van der Waals surface area contributed by atoms with Crippen molar-refractivity contribution in [2.24, 2.45) is 0 Å². The van der Waals surface area contributed by atoms with Gasteiger partial charge in [-0.25, -0.2) is 4.68 Å². The zero-order valence-corrected chi connectivity index (χ0v) is 12.2. The Bertz CT molecular complexity index is 454. The van der Waals surface area contributed by atoms with E-state index in [0.717, 1.165) is 0 Å². The van der Waals surface area contributed by atoms with E-state index in [-0.39, 0.29) is 18.1 Å². The van der Waals surface area contributed by atoms with Gasteiger partial charge in [-0.3, -0.25) is 4.79 Å². The number of nitrogen functional groups attached to an aromatic ring is 1. The molecule has 8 heteroatoms. The molecule has 0 aliphatic carbocycles. The van der Waals surface area contributed by atoms with Crippen LogP contribution < -0.4 is 5.84 Å². The maximum absolute atomic E-state index is 12.1. The van der Waals surface area contributed by atoms with Crippen molar-refractivity contribution in [3.05, 3.63) is 5.82 Å². The van der Waals surface area contributed by atoms with Gasteiger partial charge in [0.2, 0.25) is 11.1 Å². The van der Waals surface area contributed by atoms with Crippen molar-refractivity contribution in [2.75, 3.05) is 24.7 Å². The first-order valence-electron chi connectivity index (χ1n) is 6.20. The lowest BCUT2D eigenvalue weighted by Gasteiger charge is -2.35. The number of ether oxygens (including phenoxy) is 1. The van der Waals surface area contributed by atoms with E-state index in [1.165, 1.54) is 16.4 Å². The van der Waals surface area contributed by atoms with Gasteiger partial charge in [0.1, 0.15) is 5.82 Å². The largest absolute Gasteiger partial charge is 0.372 e. The molecule has 1 aliphatic heterocycles. The van der Waals surface area contributed by atoms with E-state index >= 15 is 0 Å². The first-order chi connectivity index (χ1) is 8.97. The lowest BCUT2D eigenvalue weighted by molar-refractivity contribution is -0.140. The Labute approximate surface area is 116 Å². The van der Waals surface area contributed by atoms with Crippen molar-refractivity contribution < 1.29 is 9.53 Å². The molecule has 1 aliphatic rings. The number of nitrogens with two attached hydrogens (primary N) is 1. The van der Waals surface area contributed by atoms with Crippen LogP contribution in [0.1, 0.15) is 19.7 Å². The number of carbonyl (C=O) groups is 1. The highest BCUT2D eigenvalue weighted by Crippen LogP contribution is 2.17. The molecule has 19 heavy (non-hydrogen) atoms. The van der Waals surface area contributed by atoms with Gasteiger partial charge in [0.05, 0.1) is 18.0 Å². The van der Waals surface area contributed by atoms with E-state index in [2.05, 4.69) is 10.2 Å². The number of nitrogens with zero attached hydrogens (tertiary/aromatic N) is 4. The summed E-state index contributed by atoms with van der Waals surface area (Å²) < 4.78 is 7.00. The molecular weight excluding hydrogens is 266 g/mol. The normalized spacial score (nSPS) is 23.6. The number of aromatic nitrogens is 3. The number of amides is 1. The molecule has 0 bridgehead atoms. The van der Waals surface area contributed by atoms with Crippen LogP contribution in [0.15, 0.2) is 5.16 Å². The minimum atomic E-state index is 0.0765. The van der Waals surface area contributed by atoms with Crippen LogP contribution >= 0.6 is 11.8 Å². The Morgan fingerprint density at radius 2 is 2.05 bits per heavy atom. The SMILES string of the molecule is Cc1nnc(SCC(=O)N2C[C@@H](C)O[C@H](C)C2)n1N. The second-order valence-electron chi connectivity index (χ2n) is 4.74. The monoisotopic (exact) mass is 285 g/mol. The summed E-state index contributed by atoms with van der Waals surface area (Å²) >= 11 is 1.30. The van der Waals surface area contributed by atoms with Crippen LogP contribution in [0.25, 0.3) is 0 Å². The molecule has 0 aromatic carbocycles. The predicted octanol–water partition coefficient (Wildman–Crippen LogP) is 0.0282.